The van der Waals surface area contributed by atoms with Gasteiger partial charge in [0.05, 0.1) is 5.69 Å². The monoisotopic (exact) mass is 253 g/mol. The molecule has 1 heterocycles. The summed E-state index contributed by atoms with van der Waals surface area (Å²) >= 11 is 0. The zero-order chi connectivity index (χ0) is 13.4. The van der Waals surface area contributed by atoms with E-state index in [2.05, 4.69) is 9.97 Å². The van der Waals surface area contributed by atoms with Crippen LogP contribution in [0.15, 0.2) is 12.1 Å². The third-order valence-corrected chi connectivity index (χ3v) is 2.56. The summed E-state index contributed by atoms with van der Waals surface area (Å²) in [7, 11) is 0. The predicted octanol–water partition coefficient (Wildman–Crippen LogP) is 2.76. The number of nitrogens with zero attached hydrogens (tertiary/aromatic N) is 2. The third kappa shape index (κ3) is 2.01. The van der Waals surface area contributed by atoms with Gasteiger partial charge < -0.3 is 5.73 Å². The number of anilines is 1. The van der Waals surface area contributed by atoms with E-state index < -0.39 is 17.5 Å². The Bertz CT molecular complexity index is 626. The second-order valence-electron chi connectivity index (χ2n) is 3.88. The van der Waals surface area contributed by atoms with Gasteiger partial charge in [-0.15, -0.1) is 0 Å². The Morgan fingerprint density at radius 3 is 2.22 bits per heavy atom. The lowest BCUT2D eigenvalue weighted by Gasteiger charge is -2.09. The maximum Gasteiger partial charge on any atom is 0.161 e. The van der Waals surface area contributed by atoms with Crippen molar-refractivity contribution in [3.05, 3.63) is 41.0 Å². The van der Waals surface area contributed by atoms with Gasteiger partial charge in [0, 0.05) is 17.2 Å². The molecular formula is C12H10F3N3. The van der Waals surface area contributed by atoms with E-state index in [4.69, 9.17) is 5.73 Å². The third-order valence-electron chi connectivity index (χ3n) is 2.56. The molecule has 0 bridgehead atoms. The molecule has 0 saturated heterocycles. The van der Waals surface area contributed by atoms with Gasteiger partial charge in [-0.3, -0.25) is 0 Å². The molecule has 0 aliphatic carbocycles. The van der Waals surface area contributed by atoms with Gasteiger partial charge >= 0.3 is 0 Å². The molecule has 0 saturated carbocycles. The number of nitrogen functional groups attached to an aromatic ring is 1. The van der Waals surface area contributed by atoms with Gasteiger partial charge in [-0.25, -0.2) is 23.1 Å². The van der Waals surface area contributed by atoms with Gasteiger partial charge in [0.1, 0.15) is 17.5 Å². The van der Waals surface area contributed by atoms with Crippen LogP contribution in [0.2, 0.25) is 0 Å². The summed E-state index contributed by atoms with van der Waals surface area (Å²) in [6.45, 7) is 3.17. The normalized spacial score (nSPS) is 10.7. The standard InChI is InChI=1S/C12H10F3N3/c1-5-11(17-6(2)18-12(5)16)7-3-9(14)10(15)4-8(7)13/h3-4H,1-2H3,(H2,16,17,18). The fourth-order valence-corrected chi connectivity index (χ4v) is 1.62. The summed E-state index contributed by atoms with van der Waals surface area (Å²) in [4.78, 5) is 7.92. The number of halogens is 3. The number of hydrogen-bond donors (Lipinski definition) is 1. The zero-order valence-corrected chi connectivity index (χ0v) is 9.76. The molecule has 1 aromatic carbocycles. The average molecular weight is 253 g/mol. The molecule has 2 N–H and O–H groups in total. The first-order valence-electron chi connectivity index (χ1n) is 5.15. The largest absolute Gasteiger partial charge is 0.383 e. The minimum absolute atomic E-state index is 0.136. The highest BCUT2D eigenvalue weighted by Crippen LogP contribution is 2.28. The van der Waals surface area contributed by atoms with Gasteiger partial charge in [-0.2, -0.15) is 0 Å². The quantitative estimate of drug-likeness (QED) is 0.795. The topological polar surface area (TPSA) is 51.8 Å². The molecule has 0 unspecified atom stereocenters. The SMILES string of the molecule is Cc1nc(N)c(C)c(-c2cc(F)c(F)cc2F)n1. The molecule has 0 fully saturated rings. The number of aryl methyl sites for hydroxylation is 1. The highest BCUT2D eigenvalue weighted by atomic mass is 19.2. The molecule has 0 spiro atoms. The predicted molar refractivity (Wildman–Crippen MR) is 61.2 cm³/mol. The van der Waals surface area contributed by atoms with Crippen molar-refractivity contribution >= 4 is 5.82 Å². The van der Waals surface area contributed by atoms with Crippen molar-refractivity contribution in [1.82, 2.24) is 9.97 Å². The van der Waals surface area contributed by atoms with Crippen LogP contribution >= 0.6 is 0 Å². The molecule has 18 heavy (non-hydrogen) atoms. The van der Waals surface area contributed by atoms with E-state index >= 15 is 0 Å². The molecular weight excluding hydrogens is 243 g/mol. The van der Waals surface area contributed by atoms with Crippen molar-refractivity contribution in [2.75, 3.05) is 5.73 Å². The van der Waals surface area contributed by atoms with Crippen LogP contribution in [0.3, 0.4) is 0 Å². The van der Waals surface area contributed by atoms with Gasteiger partial charge in [0.15, 0.2) is 11.6 Å². The van der Waals surface area contributed by atoms with Crippen LogP contribution in [-0.2, 0) is 0 Å². The van der Waals surface area contributed by atoms with E-state index in [1.165, 1.54) is 0 Å². The van der Waals surface area contributed by atoms with Crippen LogP contribution in [0, 0.1) is 31.3 Å². The van der Waals surface area contributed by atoms with E-state index in [1.807, 2.05) is 0 Å². The van der Waals surface area contributed by atoms with Crippen molar-refractivity contribution in [3.63, 3.8) is 0 Å². The van der Waals surface area contributed by atoms with E-state index in [9.17, 15) is 13.2 Å². The fourth-order valence-electron chi connectivity index (χ4n) is 1.62. The lowest BCUT2D eigenvalue weighted by molar-refractivity contribution is 0.496. The lowest BCUT2D eigenvalue weighted by atomic mass is 10.1. The molecule has 0 atom stereocenters. The van der Waals surface area contributed by atoms with Crippen LogP contribution in [0.5, 0.6) is 0 Å². The second-order valence-corrected chi connectivity index (χ2v) is 3.88. The Hall–Kier alpha value is -2.11. The summed E-state index contributed by atoms with van der Waals surface area (Å²) in [6.07, 6.45) is 0. The number of aromatic nitrogens is 2. The highest BCUT2D eigenvalue weighted by Gasteiger charge is 2.16. The maximum absolute atomic E-state index is 13.7. The molecule has 94 valence electrons. The first-order valence-corrected chi connectivity index (χ1v) is 5.15. The fraction of sp³-hybridized carbons (Fsp3) is 0.167. The summed E-state index contributed by atoms with van der Waals surface area (Å²) in [5.74, 6) is -2.76. The molecule has 0 aliphatic rings. The minimum Gasteiger partial charge on any atom is -0.383 e. The van der Waals surface area contributed by atoms with Gasteiger partial charge in [-0.05, 0) is 19.9 Å². The molecule has 0 radical (unpaired) electrons. The Kier molecular flexibility index (Phi) is 2.94. The van der Waals surface area contributed by atoms with Gasteiger partial charge in [0.25, 0.3) is 0 Å². The van der Waals surface area contributed by atoms with Crippen molar-refractivity contribution in [2.24, 2.45) is 0 Å². The second kappa shape index (κ2) is 4.29. The van der Waals surface area contributed by atoms with Crippen molar-refractivity contribution in [1.29, 1.82) is 0 Å². The zero-order valence-electron chi connectivity index (χ0n) is 9.76. The Labute approximate surface area is 101 Å². The summed E-state index contributed by atoms with van der Waals surface area (Å²) in [5.41, 5.74) is 6.08. The summed E-state index contributed by atoms with van der Waals surface area (Å²) in [6, 6.07) is 1.25. The lowest BCUT2D eigenvalue weighted by Crippen LogP contribution is -2.03. The molecule has 0 aliphatic heterocycles. The Morgan fingerprint density at radius 1 is 0.944 bits per heavy atom. The molecule has 2 aromatic rings. The molecule has 3 nitrogen and oxygen atoms in total. The molecule has 2 rings (SSSR count). The number of rotatable bonds is 1. The van der Waals surface area contributed by atoms with Crippen LogP contribution in [0.1, 0.15) is 11.4 Å². The van der Waals surface area contributed by atoms with Gasteiger partial charge in [0.2, 0.25) is 0 Å². The van der Waals surface area contributed by atoms with Crippen molar-refractivity contribution in [3.8, 4) is 11.3 Å². The van der Waals surface area contributed by atoms with E-state index in [-0.39, 0.29) is 17.1 Å². The molecule has 1 aromatic heterocycles. The maximum atomic E-state index is 13.7. The van der Waals surface area contributed by atoms with E-state index in [0.717, 1.165) is 6.07 Å². The number of benzene rings is 1. The summed E-state index contributed by atoms with van der Waals surface area (Å²) < 4.78 is 39.7. The Morgan fingerprint density at radius 2 is 1.56 bits per heavy atom. The van der Waals surface area contributed by atoms with Crippen molar-refractivity contribution < 1.29 is 13.2 Å². The average Bonchev–Trinajstić information content (AvgIpc) is 2.29. The summed E-state index contributed by atoms with van der Waals surface area (Å²) in [5, 5.41) is 0. The molecule has 0 amide bonds. The highest BCUT2D eigenvalue weighted by molar-refractivity contribution is 5.67. The van der Waals surface area contributed by atoms with Crippen LogP contribution in [0.25, 0.3) is 11.3 Å². The number of nitrogens with two attached hydrogens (primary N) is 1. The van der Waals surface area contributed by atoms with Gasteiger partial charge in [-0.1, -0.05) is 0 Å². The van der Waals surface area contributed by atoms with Crippen molar-refractivity contribution in [2.45, 2.75) is 13.8 Å². The smallest absolute Gasteiger partial charge is 0.161 e. The van der Waals surface area contributed by atoms with Crippen LogP contribution in [-0.4, -0.2) is 9.97 Å². The molecule has 6 heteroatoms. The van der Waals surface area contributed by atoms with E-state index in [1.54, 1.807) is 13.8 Å². The first-order chi connectivity index (χ1) is 8.40. The number of hydrogen-bond acceptors (Lipinski definition) is 3. The van der Waals surface area contributed by atoms with Crippen LogP contribution < -0.4 is 5.73 Å². The van der Waals surface area contributed by atoms with E-state index in [0.29, 0.717) is 17.5 Å². The van der Waals surface area contributed by atoms with Crippen LogP contribution in [0.4, 0.5) is 19.0 Å². The minimum atomic E-state index is -1.24. The Balaban J connectivity index is 2.73. The first kappa shape index (κ1) is 12.3.